The van der Waals surface area contributed by atoms with E-state index in [1.54, 1.807) is 13.0 Å². The van der Waals surface area contributed by atoms with Gasteiger partial charge < -0.3 is 4.74 Å². The minimum atomic E-state index is -0.488. The molecule has 98 valence electrons. The van der Waals surface area contributed by atoms with Crippen LogP contribution in [0.4, 0.5) is 5.13 Å². The molecule has 1 N–H and O–H groups in total. The average molecular weight is 267 g/mol. The van der Waals surface area contributed by atoms with Crippen molar-refractivity contribution in [3.63, 3.8) is 0 Å². The fourth-order valence-electron chi connectivity index (χ4n) is 1.39. The van der Waals surface area contributed by atoms with Crippen LogP contribution in [-0.2, 0) is 9.53 Å². The predicted octanol–water partition coefficient (Wildman–Crippen LogP) is 2.34. The molecule has 0 bridgehead atoms. The van der Waals surface area contributed by atoms with Crippen molar-refractivity contribution in [2.75, 3.05) is 11.9 Å². The Morgan fingerprint density at radius 2 is 2.44 bits per heavy atom. The summed E-state index contributed by atoms with van der Waals surface area (Å²) in [5.74, 6) is 0.381. The van der Waals surface area contributed by atoms with Gasteiger partial charge in [0.1, 0.15) is 11.1 Å². The Labute approximate surface area is 110 Å². The summed E-state index contributed by atoms with van der Waals surface area (Å²) < 4.78 is 5.36. The Morgan fingerprint density at radius 3 is 3.11 bits per heavy atom. The molecule has 2 rings (SSSR count). The lowest BCUT2D eigenvalue weighted by atomic mass is 10.3. The second kappa shape index (κ2) is 6.06. The maximum atomic E-state index is 11.8. The van der Waals surface area contributed by atoms with Gasteiger partial charge in [0.15, 0.2) is 0 Å². The van der Waals surface area contributed by atoms with Gasteiger partial charge in [0.2, 0.25) is 5.13 Å². The summed E-state index contributed by atoms with van der Waals surface area (Å²) in [6.07, 6.45) is 4.38. The molecule has 0 aromatic carbocycles. The summed E-state index contributed by atoms with van der Waals surface area (Å²) in [6, 6.07) is 0. The van der Waals surface area contributed by atoms with Crippen molar-refractivity contribution in [1.29, 1.82) is 0 Å². The Morgan fingerprint density at radius 1 is 1.67 bits per heavy atom. The molecule has 0 aliphatic heterocycles. The number of carbonyl (C=O) groups is 1. The van der Waals surface area contributed by atoms with E-state index in [2.05, 4.69) is 22.1 Å². The lowest BCUT2D eigenvalue weighted by Crippen LogP contribution is -2.27. The Kier molecular flexibility index (Phi) is 4.43. The van der Waals surface area contributed by atoms with Crippen LogP contribution >= 0.6 is 11.3 Å². The number of hydrogen-bond donors (Lipinski definition) is 1. The molecular weight excluding hydrogens is 250 g/mol. The quantitative estimate of drug-likeness (QED) is 0.608. The van der Waals surface area contributed by atoms with Gasteiger partial charge in [0.05, 0.1) is 6.61 Å². The van der Waals surface area contributed by atoms with Crippen LogP contribution in [0.1, 0.15) is 37.1 Å². The van der Waals surface area contributed by atoms with Gasteiger partial charge in [-0.05, 0) is 26.2 Å². The van der Waals surface area contributed by atoms with Gasteiger partial charge in [-0.25, -0.2) is 0 Å². The van der Waals surface area contributed by atoms with Gasteiger partial charge in [-0.3, -0.25) is 10.1 Å². The second-order valence-corrected chi connectivity index (χ2v) is 5.31. The largest absolute Gasteiger partial charge is 0.368 e. The minimum Gasteiger partial charge on any atom is -0.368 e. The molecule has 1 fully saturated rings. The van der Waals surface area contributed by atoms with Crippen molar-refractivity contribution in [2.24, 2.45) is 0 Å². The van der Waals surface area contributed by atoms with E-state index in [0.29, 0.717) is 17.7 Å². The van der Waals surface area contributed by atoms with Crippen LogP contribution in [0.5, 0.6) is 0 Å². The highest BCUT2D eigenvalue weighted by Gasteiger charge is 2.28. The maximum Gasteiger partial charge on any atom is 0.255 e. The molecule has 1 aliphatic rings. The average Bonchev–Trinajstić information content (AvgIpc) is 3.11. The van der Waals surface area contributed by atoms with Gasteiger partial charge in [-0.15, -0.1) is 16.8 Å². The van der Waals surface area contributed by atoms with Gasteiger partial charge in [0.25, 0.3) is 5.91 Å². The van der Waals surface area contributed by atoms with E-state index in [4.69, 9.17) is 4.74 Å². The fraction of sp³-hybridized carbons (Fsp3) is 0.583. The highest BCUT2D eigenvalue weighted by atomic mass is 32.1. The normalized spacial score (nSPS) is 16.3. The van der Waals surface area contributed by atoms with Crippen LogP contribution < -0.4 is 5.32 Å². The number of rotatable bonds is 7. The van der Waals surface area contributed by atoms with Gasteiger partial charge in [-0.1, -0.05) is 17.4 Å². The fourth-order valence-corrected chi connectivity index (χ4v) is 2.31. The molecule has 1 atom stereocenters. The Bertz CT molecular complexity index is 429. The van der Waals surface area contributed by atoms with Crippen molar-refractivity contribution in [3.8, 4) is 0 Å². The third-order valence-corrected chi connectivity index (χ3v) is 3.66. The van der Waals surface area contributed by atoms with Crippen molar-refractivity contribution in [1.82, 2.24) is 10.2 Å². The number of carbonyl (C=O) groups excluding carboxylic acids is 1. The lowest BCUT2D eigenvalue weighted by Gasteiger charge is -2.10. The van der Waals surface area contributed by atoms with Crippen LogP contribution in [0.3, 0.4) is 0 Å². The Balaban J connectivity index is 1.79. The lowest BCUT2D eigenvalue weighted by molar-refractivity contribution is -0.126. The number of nitrogens with zero attached hydrogens (tertiary/aromatic N) is 2. The second-order valence-electron chi connectivity index (χ2n) is 4.30. The zero-order valence-electron chi connectivity index (χ0n) is 10.4. The number of nitrogens with one attached hydrogen (secondary N) is 1. The number of hydrogen-bond acceptors (Lipinski definition) is 5. The standard InChI is InChI=1S/C12H17N3O2S/c1-3-4-7-17-8(2)10(16)13-12-15-14-11(18-12)9-5-6-9/h3,8-9H,1,4-7H2,2H3,(H,13,15,16). The predicted molar refractivity (Wildman–Crippen MR) is 70.7 cm³/mol. The monoisotopic (exact) mass is 267 g/mol. The van der Waals surface area contributed by atoms with Crippen molar-refractivity contribution in [2.45, 2.75) is 38.2 Å². The molecule has 5 nitrogen and oxygen atoms in total. The third kappa shape index (κ3) is 3.61. The van der Waals surface area contributed by atoms with Crippen LogP contribution in [-0.4, -0.2) is 28.8 Å². The van der Waals surface area contributed by atoms with Gasteiger partial charge in [-0.2, -0.15) is 0 Å². The molecule has 1 saturated carbocycles. The molecule has 0 saturated heterocycles. The van der Waals surface area contributed by atoms with Gasteiger partial charge >= 0.3 is 0 Å². The zero-order chi connectivity index (χ0) is 13.0. The zero-order valence-corrected chi connectivity index (χ0v) is 11.2. The smallest absolute Gasteiger partial charge is 0.255 e. The van der Waals surface area contributed by atoms with E-state index < -0.39 is 6.10 Å². The molecule has 1 aromatic rings. The summed E-state index contributed by atoms with van der Waals surface area (Å²) in [7, 11) is 0. The molecule has 1 unspecified atom stereocenters. The number of aromatic nitrogens is 2. The van der Waals surface area contributed by atoms with E-state index in [0.717, 1.165) is 11.4 Å². The van der Waals surface area contributed by atoms with Gasteiger partial charge in [0, 0.05) is 5.92 Å². The van der Waals surface area contributed by atoms with E-state index in [1.807, 2.05) is 0 Å². The summed E-state index contributed by atoms with van der Waals surface area (Å²) in [4.78, 5) is 11.8. The first-order chi connectivity index (χ1) is 8.70. The van der Waals surface area contributed by atoms with E-state index >= 15 is 0 Å². The number of anilines is 1. The van der Waals surface area contributed by atoms with E-state index in [1.165, 1.54) is 24.2 Å². The van der Waals surface area contributed by atoms with Crippen LogP contribution in [0.25, 0.3) is 0 Å². The molecule has 6 heteroatoms. The van der Waals surface area contributed by atoms with Crippen LogP contribution in [0.2, 0.25) is 0 Å². The minimum absolute atomic E-state index is 0.183. The first kappa shape index (κ1) is 13.2. The number of amides is 1. The SMILES string of the molecule is C=CCCOC(C)C(=O)Nc1nnc(C2CC2)s1. The van der Waals surface area contributed by atoms with E-state index in [-0.39, 0.29) is 5.91 Å². The molecular formula is C12H17N3O2S. The van der Waals surface area contributed by atoms with Crippen LogP contribution in [0, 0.1) is 0 Å². The van der Waals surface area contributed by atoms with Crippen molar-refractivity contribution in [3.05, 3.63) is 17.7 Å². The first-order valence-electron chi connectivity index (χ1n) is 6.07. The molecule has 0 spiro atoms. The summed E-state index contributed by atoms with van der Waals surface area (Å²) >= 11 is 1.45. The summed E-state index contributed by atoms with van der Waals surface area (Å²) in [5, 5.41) is 12.3. The molecule has 1 aromatic heterocycles. The molecule has 1 heterocycles. The molecule has 1 amide bonds. The topological polar surface area (TPSA) is 64.1 Å². The third-order valence-electron chi connectivity index (χ3n) is 2.66. The summed E-state index contributed by atoms with van der Waals surface area (Å²) in [6.45, 7) is 5.82. The van der Waals surface area contributed by atoms with E-state index in [9.17, 15) is 4.79 Å². The molecule has 1 aliphatic carbocycles. The highest BCUT2D eigenvalue weighted by Crippen LogP contribution is 2.42. The summed E-state index contributed by atoms with van der Waals surface area (Å²) in [5.41, 5.74) is 0. The molecule has 0 radical (unpaired) electrons. The van der Waals surface area contributed by atoms with Crippen molar-refractivity contribution >= 4 is 22.4 Å². The van der Waals surface area contributed by atoms with Crippen molar-refractivity contribution < 1.29 is 9.53 Å². The highest BCUT2D eigenvalue weighted by molar-refractivity contribution is 7.15. The van der Waals surface area contributed by atoms with Crippen LogP contribution in [0.15, 0.2) is 12.7 Å². The number of ether oxygens (including phenoxy) is 1. The Hall–Kier alpha value is -1.27. The first-order valence-corrected chi connectivity index (χ1v) is 6.89. The maximum absolute atomic E-state index is 11.8. The molecule has 18 heavy (non-hydrogen) atoms.